The van der Waals surface area contributed by atoms with E-state index in [1.54, 1.807) is 0 Å². The van der Waals surface area contributed by atoms with E-state index < -0.39 is 0 Å². The van der Waals surface area contributed by atoms with Gasteiger partial charge in [0.25, 0.3) is 0 Å². The van der Waals surface area contributed by atoms with Crippen LogP contribution in [0.15, 0.2) is 0 Å². The van der Waals surface area contributed by atoms with E-state index in [0.717, 1.165) is 12.8 Å². The minimum Gasteiger partial charge on any atom is -0.370 e. The average molecular weight is 207 g/mol. The molecule has 0 atom stereocenters. The SMILES string of the molecule is C1CSSC1.CCCCC(N)=O. The van der Waals surface area contributed by atoms with Crippen LogP contribution in [-0.4, -0.2) is 17.4 Å². The van der Waals surface area contributed by atoms with Crippen LogP contribution in [0.4, 0.5) is 0 Å². The molecule has 1 aliphatic heterocycles. The predicted molar refractivity (Wildman–Crippen MR) is 58.3 cm³/mol. The highest BCUT2D eigenvalue weighted by Crippen LogP contribution is 2.29. The zero-order valence-corrected chi connectivity index (χ0v) is 9.18. The van der Waals surface area contributed by atoms with Crippen LogP contribution in [0.5, 0.6) is 0 Å². The first-order valence-electron chi connectivity index (χ1n) is 4.30. The predicted octanol–water partition coefficient (Wildman–Crippen LogP) is 2.43. The quantitative estimate of drug-likeness (QED) is 0.723. The molecule has 1 saturated heterocycles. The van der Waals surface area contributed by atoms with Gasteiger partial charge in [-0.1, -0.05) is 34.9 Å². The number of carbonyl (C=O) groups is 1. The van der Waals surface area contributed by atoms with E-state index in [-0.39, 0.29) is 5.91 Å². The van der Waals surface area contributed by atoms with Gasteiger partial charge in [0, 0.05) is 17.9 Å². The van der Waals surface area contributed by atoms with Crippen molar-refractivity contribution >= 4 is 27.5 Å². The highest BCUT2D eigenvalue weighted by atomic mass is 33.1. The lowest BCUT2D eigenvalue weighted by molar-refractivity contribution is -0.118. The van der Waals surface area contributed by atoms with Crippen LogP contribution < -0.4 is 5.73 Å². The number of unbranched alkanes of at least 4 members (excludes halogenated alkanes) is 1. The minimum atomic E-state index is -0.193. The zero-order chi connectivity index (χ0) is 9.23. The summed E-state index contributed by atoms with van der Waals surface area (Å²) < 4.78 is 0. The van der Waals surface area contributed by atoms with Gasteiger partial charge in [-0.2, -0.15) is 0 Å². The highest BCUT2D eigenvalue weighted by molar-refractivity contribution is 8.77. The lowest BCUT2D eigenvalue weighted by atomic mass is 10.2. The van der Waals surface area contributed by atoms with Crippen molar-refractivity contribution in [2.45, 2.75) is 32.6 Å². The fourth-order valence-electron chi connectivity index (χ4n) is 0.646. The second-order valence-electron chi connectivity index (χ2n) is 2.57. The molecule has 0 aromatic carbocycles. The summed E-state index contributed by atoms with van der Waals surface area (Å²) in [5.41, 5.74) is 4.84. The van der Waals surface area contributed by atoms with Crippen molar-refractivity contribution < 1.29 is 4.79 Å². The third-order valence-electron chi connectivity index (χ3n) is 1.32. The van der Waals surface area contributed by atoms with E-state index >= 15 is 0 Å². The van der Waals surface area contributed by atoms with Crippen LogP contribution >= 0.6 is 21.6 Å². The number of nitrogens with two attached hydrogens (primary N) is 1. The van der Waals surface area contributed by atoms with Gasteiger partial charge in [0.2, 0.25) is 5.91 Å². The maximum Gasteiger partial charge on any atom is 0.217 e. The first-order valence-corrected chi connectivity index (χ1v) is 6.79. The molecule has 0 aliphatic carbocycles. The molecule has 0 spiro atoms. The van der Waals surface area contributed by atoms with Gasteiger partial charge in [-0.05, 0) is 12.8 Å². The van der Waals surface area contributed by atoms with Crippen LogP contribution in [0.1, 0.15) is 32.6 Å². The van der Waals surface area contributed by atoms with E-state index in [9.17, 15) is 4.79 Å². The standard InChI is InChI=1S/C5H11NO.C3H6S2/c1-2-3-4-5(6)7;1-2-4-5-3-1/h2-4H2,1H3,(H2,6,7);1-3H2. The van der Waals surface area contributed by atoms with Gasteiger partial charge in [-0.15, -0.1) is 0 Å². The lowest BCUT2D eigenvalue weighted by Gasteiger charge is -1.86. The number of hydrogen-bond acceptors (Lipinski definition) is 3. The zero-order valence-electron chi connectivity index (χ0n) is 7.54. The van der Waals surface area contributed by atoms with Gasteiger partial charge in [0.05, 0.1) is 0 Å². The molecule has 1 fully saturated rings. The van der Waals surface area contributed by atoms with Gasteiger partial charge < -0.3 is 5.73 Å². The molecule has 1 rings (SSSR count). The molecular weight excluding hydrogens is 190 g/mol. The van der Waals surface area contributed by atoms with Crippen LogP contribution in [0.3, 0.4) is 0 Å². The lowest BCUT2D eigenvalue weighted by Crippen LogP contribution is -2.09. The summed E-state index contributed by atoms with van der Waals surface area (Å²) in [5.74, 6) is 2.57. The Kier molecular flexibility index (Phi) is 9.39. The smallest absolute Gasteiger partial charge is 0.217 e. The number of hydrogen-bond donors (Lipinski definition) is 1. The maximum absolute atomic E-state index is 9.98. The number of rotatable bonds is 3. The molecule has 1 heterocycles. The third-order valence-corrected chi connectivity index (χ3v) is 3.89. The Morgan fingerprint density at radius 3 is 2.17 bits per heavy atom. The molecule has 1 amide bonds. The molecular formula is C8H17NOS2. The fourth-order valence-corrected chi connectivity index (χ4v) is 3.00. The molecule has 72 valence electrons. The topological polar surface area (TPSA) is 43.1 Å². The van der Waals surface area contributed by atoms with E-state index in [2.05, 4.69) is 0 Å². The number of primary amides is 1. The Morgan fingerprint density at radius 2 is 2.00 bits per heavy atom. The van der Waals surface area contributed by atoms with E-state index in [4.69, 9.17) is 5.73 Å². The maximum atomic E-state index is 9.98. The summed E-state index contributed by atoms with van der Waals surface area (Å²) >= 11 is 0. The number of amides is 1. The van der Waals surface area contributed by atoms with E-state index in [1.165, 1.54) is 17.9 Å². The summed E-state index contributed by atoms with van der Waals surface area (Å²) in [6.07, 6.45) is 3.93. The van der Waals surface area contributed by atoms with Gasteiger partial charge >= 0.3 is 0 Å². The molecule has 0 aromatic heterocycles. The highest BCUT2D eigenvalue weighted by Gasteiger charge is 1.96. The van der Waals surface area contributed by atoms with Crippen molar-refractivity contribution in [3.8, 4) is 0 Å². The molecule has 0 saturated carbocycles. The molecule has 0 aromatic rings. The summed E-state index contributed by atoms with van der Waals surface area (Å²) in [7, 11) is 3.98. The van der Waals surface area contributed by atoms with E-state index in [0.29, 0.717) is 6.42 Å². The van der Waals surface area contributed by atoms with E-state index in [1.807, 2.05) is 28.5 Å². The van der Waals surface area contributed by atoms with Crippen molar-refractivity contribution in [3.05, 3.63) is 0 Å². The first kappa shape index (κ1) is 12.2. The Morgan fingerprint density at radius 1 is 1.42 bits per heavy atom. The fraction of sp³-hybridized carbons (Fsp3) is 0.875. The van der Waals surface area contributed by atoms with Crippen molar-refractivity contribution in [1.82, 2.24) is 0 Å². The average Bonchev–Trinajstić information content (AvgIpc) is 2.57. The summed E-state index contributed by atoms with van der Waals surface area (Å²) in [6, 6.07) is 0. The molecule has 4 heteroatoms. The third kappa shape index (κ3) is 10.2. The normalized spacial score (nSPS) is 15.1. The molecule has 12 heavy (non-hydrogen) atoms. The van der Waals surface area contributed by atoms with Crippen LogP contribution in [-0.2, 0) is 4.79 Å². The summed E-state index contributed by atoms with van der Waals surface area (Å²) in [4.78, 5) is 9.98. The Balaban J connectivity index is 0.000000211. The molecule has 1 aliphatic rings. The second-order valence-corrected chi connectivity index (χ2v) is 5.27. The van der Waals surface area contributed by atoms with Crippen molar-refractivity contribution in [2.24, 2.45) is 5.73 Å². The molecule has 0 bridgehead atoms. The van der Waals surface area contributed by atoms with Crippen molar-refractivity contribution in [2.75, 3.05) is 11.5 Å². The molecule has 2 N–H and O–H groups in total. The second kappa shape index (κ2) is 9.26. The van der Waals surface area contributed by atoms with Gasteiger partial charge in [0.15, 0.2) is 0 Å². The van der Waals surface area contributed by atoms with Crippen LogP contribution in [0.25, 0.3) is 0 Å². The van der Waals surface area contributed by atoms with Gasteiger partial charge in [-0.3, -0.25) is 4.79 Å². The monoisotopic (exact) mass is 207 g/mol. The van der Waals surface area contributed by atoms with Crippen LogP contribution in [0, 0.1) is 0 Å². The van der Waals surface area contributed by atoms with Gasteiger partial charge in [-0.25, -0.2) is 0 Å². The number of carbonyl (C=O) groups excluding carboxylic acids is 1. The molecule has 0 radical (unpaired) electrons. The minimum absolute atomic E-state index is 0.193. The Hall–Kier alpha value is 0.170. The van der Waals surface area contributed by atoms with Crippen molar-refractivity contribution in [1.29, 1.82) is 0 Å². The van der Waals surface area contributed by atoms with Crippen molar-refractivity contribution in [3.63, 3.8) is 0 Å². The Labute approximate surface area is 82.4 Å². The molecule has 2 nitrogen and oxygen atoms in total. The first-order chi connectivity index (χ1) is 5.77. The van der Waals surface area contributed by atoms with Gasteiger partial charge in [0.1, 0.15) is 0 Å². The van der Waals surface area contributed by atoms with Crippen LogP contribution in [0.2, 0.25) is 0 Å². The summed E-state index contributed by atoms with van der Waals surface area (Å²) in [6.45, 7) is 2.03. The molecule has 0 unspecified atom stereocenters. The summed E-state index contributed by atoms with van der Waals surface area (Å²) in [5, 5.41) is 0. The largest absolute Gasteiger partial charge is 0.370 e. The Bertz CT molecular complexity index is 108.